The Balaban J connectivity index is 1.76. The molecule has 0 atom stereocenters. The average molecular weight is 289 g/mol. The Morgan fingerprint density at radius 3 is 2.48 bits per heavy atom. The highest BCUT2D eigenvalue weighted by molar-refractivity contribution is 5.96. The standard InChI is InChI=1S/C18H27NO2/c1-15(2)10-14-21-17-7-5-16(6-8-17)18(20)9-13-19-11-3-4-12-19/h5-8,15H,3-4,9-14H2,1-2H3. The van der Waals surface area contributed by atoms with Gasteiger partial charge < -0.3 is 9.64 Å². The molecule has 0 radical (unpaired) electrons. The zero-order chi connectivity index (χ0) is 15.1. The summed E-state index contributed by atoms with van der Waals surface area (Å²) in [6.07, 6.45) is 4.22. The highest BCUT2D eigenvalue weighted by Crippen LogP contribution is 2.15. The molecule has 0 bridgehead atoms. The van der Waals surface area contributed by atoms with Crippen LogP contribution in [0.15, 0.2) is 24.3 Å². The van der Waals surface area contributed by atoms with Gasteiger partial charge in [-0.25, -0.2) is 0 Å². The number of benzene rings is 1. The largest absolute Gasteiger partial charge is 0.494 e. The highest BCUT2D eigenvalue weighted by Gasteiger charge is 2.13. The summed E-state index contributed by atoms with van der Waals surface area (Å²) >= 11 is 0. The van der Waals surface area contributed by atoms with E-state index in [0.717, 1.165) is 44.0 Å². The number of likely N-dealkylation sites (tertiary alicyclic amines) is 1. The Hall–Kier alpha value is -1.35. The van der Waals surface area contributed by atoms with E-state index in [1.807, 2.05) is 24.3 Å². The van der Waals surface area contributed by atoms with Gasteiger partial charge in [0.05, 0.1) is 6.61 Å². The topological polar surface area (TPSA) is 29.5 Å². The van der Waals surface area contributed by atoms with E-state index in [0.29, 0.717) is 12.3 Å². The molecule has 0 amide bonds. The lowest BCUT2D eigenvalue weighted by Crippen LogP contribution is -2.22. The lowest BCUT2D eigenvalue weighted by atomic mass is 10.1. The van der Waals surface area contributed by atoms with Crippen molar-refractivity contribution in [2.24, 2.45) is 5.92 Å². The van der Waals surface area contributed by atoms with Gasteiger partial charge in [0.2, 0.25) is 0 Å². The molecular weight excluding hydrogens is 262 g/mol. The smallest absolute Gasteiger partial charge is 0.164 e. The molecule has 1 aromatic carbocycles. The van der Waals surface area contributed by atoms with Gasteiger partial charge in [-0.2, -0.15) is 0 Å². The summed E-state index contributed by atoms with van der Waals surface area (Å²) in [5.41, 5.74) is 0.797. The van der Waals surface area contributed by atoms with Crippen LogP contribution in [0.2, 0.25) is 0 Å². The molecule has 3 heteroatoms. The third kappa shape index (κ3) is 5.50. The molecule has 1 aromatic rings. The summed E-state index contributed by atoms with van der Waals surface area (Å²) in [5, 5.41) is 0. The fourth-order valence-electron chi connectivity index (χ4n) is 2.56. The van der Waals surface area contributed by atoms with Gasteiger partial charge in [0, 0.05) is 18.5 Å². The van der Waals surface area contributed by atoms with E-state index in [4.69, 9.17) is 4.74 Å². The van der Waals surface area contributed by atoms with E-state index < -0.39 is 0 Å². The third-order valence-electron chi connectivity index (χ3n) is 3.99. The summed E-state index contributed by atoms with van der Waals surface area (Å²) in [5.74, 6) is 1.74. The molecule has 0 N–H and O–H groups in total. The van der Waals surface area contributed by atoms with Crippen molar-refractivity contribution in [1.29, 1.82) is 0 Å². The van der Waals surface area contributed by atoms with Crippen LogP contribution in [-0.2, 0) is 0 Å². The minimum atomic E-state index is 0.232. The van der Waals surface area contributed by atoms with E-state index >= 15 is 0 Å². The first-order valence-corrected chi connectivity index (χ1v) is 8.13. The monoisotopic (exact) mass is 289 g/mol. The van der Waals surface area contributed by atoms with Gasteiger partial charge in [-0.1, -0.05) is 13.8 Å². The van der Waals surface area contributed by atoms with Crippen molar-refractivity contribution in [3.8, 4) is 5.75 Å². The molecule has 0 unspecified atom stereocenters. The summed E-state index contributed by atoms with van der Waals surface area (Å²) in [7, 11) is 0. The number of ketones is 1. The Kier molecular flexibility index (Phi) is 6.24. The quantitative estimate of drug-likeness (QED) is 0.682. The molecule has 2 rings (SSSR count). The normalized spacial score (nSPS) is 15.6. The SMILES string of the molecule is CC(C)CCOc1ccc(C(=O)CCN2CCCC2)cc1. The van der Waals surface area contributed by atoms with Crippen molar-refractivity contribution in [1.82, 2.24) is 4.90 Å². The highest BCUT2D eigenvalue weighted by atomic mass is 16.5. The summed E-state index contributed by atoms with van der Waals surface area (Å²) < 4.78 is 5.67. The Morgan fingerprint density at radius 2 is 1.86 bits per heavy atom. The second-order valence-electron chi connectivity index (χ2n) is 6.28. The maximum absolute atomic E-state index is 12.1. The van der Waals surface area contributed by atoms with Crippen LogP contribution in [0.25, 0.3) is 0 Å². The predicted molar refractivity (Wildman–Crippen MR) is 86.0 cm³/mol. The fourth-order valence-corrected chi connectivity index (χ4v) is 2.56. The predicted octanol–water partition coefficient (Wildman–Crippen LogP) is 3.78. The molecule has 0 aliphatic carbocycles. The Bertz CT molecular complexity index is 433. The molecule has 1 saturated heterocycles. The van der Waals surface area contributed by atoms with Crippen LogP contribution in [-0.4, -0.2) is 36.9 Å². The molecule has 21 heavy (non-hydrogen) atoms. The number of hydrogen-bond acceptors (Lipinski definition) is 3. The number of ether oxygens (including phenoxy) is 1. The van der Waals surface area contributed by atoms with Crippen LogP contribution in [0, 0.1) is 5.92 Å². The zero-order valence-corrected chi connectivity index (χ0v) is 13.3. The zero-order valence-electron chi connectivity index (χ0n) is 13.3. The molecule has 0 aromatic heterocycles. The van der Waals surface area contributed by atoms with Crippen LogP contribution in [0.3, 0.4) is 0 Å². The first-order valence-electron chi connectivity index (χ1n) is 8.13. The summed E-state index contributed by atoms with van der Waals surface area (Å²) in [6.45, 7) is 8.30. The van der Waals surface area contributed by atoms with Crippen molar-refractivity contribution < 1.29 is 9.53 Å². The van der Waals surface area contributed by atoms with E-state index in [9.17, 15) is 4.79 Å². The van der Waals surface area contributed by atoms with Gasteiger partial charge in [0.25, 0.3) is 0 Å². The minimum absolute atomic E-state index is 0.232. The van der Waals surface area contributed by atoms with E-state index in [1.165, 1.54) is 12.8 Å². The molecule has 3 nitrogen and oxygen atoms in total. The van der Waals surface area contributed by atoms with Gasteiger partial charge in [-0.3, -0.25) is 4.79 Å². The van der Waals surface area contributed by atoms with Crippen LogP contribution >= 0.6 is 0 Å². The van der Waals surface area contributed by atoms with Gasteiger partial charge in [-0.05, 0) is 62.5 Å². The van der Waals surface area contributed by atoms with Crippen molar-refractivity contribution in [2.75, 3.05) is 26.2 Å². The molecule has 116 valence electrons. The summed E-state index contributed by atoms with van der Waals surface area (Å²) in [6, 6.07) is 7.58. The number of carbonyl (C=O) groups is 1. The number of carbonyl (C=O) groups excluding carboxylic acids is 1. The molecule has 0 saturated carbocycles. The maximum Gasteiger partial charge on any atom is 0.164 e. The molecule has 1 aliphatic heterocycles. The van der Waals surface area contributed by atoms with Gasteiger partial charge in [0.15, 0.2) is 5.78 Å². The van der Waals surface area contributed by atoms with Crippen molar-refractivity contribution >= 4 is 5.78 Å². The minimum Gasteiger partial charge on any atom is -0.494 e. The first kappa shape index (κ1) is 16.0. The van der Waals surface area contributed by atoms with Crippen LogP contribution in [0.5, 0.6) is 5.75 Å². The van der Waals surface area contributed by atoms with Crippen LogP contribution in [0.1, 0.15) is 49.9 Å². The second-order valence-corrected chi connectivity index (χ2v) is 6.28. The molecule has 0 spiro atoms. The van der Waals surface area contributed by atoms with Crippen LogP contribution in [0.4, 0.5) is 0 Å². The Labute approximate surface area is 128 Å². The van der Waals surface area contributed by atoms with Crippen molar-refractivity contribution in [3.63, 3.8) is 0 Å². The number of hydrogen-bond donors (Lipinski definition) is 0. The maximum atomic E-state index is 12.1. The third-order valence-corrected chi connectivity index (χ3v) is 3.99. The Morgan fingerprint density at radius 1 is 1.19 bits per heavy atom. The van der Waals surface area contributed by atoms with Crippen molar-refractivity contribution in [3.05, 3.63) is 29.8 Å². The molecule has 1 fully saturated rings. The van der Waals surface area contributed by atoms with E-state index in [2.05, 4.69) is 18.7 Å². The second kappa shape index (κ2) is 8.18. The molecular formula is C18H27NO2. The van der Waals surface area contributed by atoms with Crippen LogP contribution < -0.4 is 4.74 Å². The fraction of sp³-hybridized carbons (Fsp3) is 0.611. The van der Waals surface area contributed by atoms with Gasteiger partial charge in [-0.15, -0.1) is 0 Å². The van der Waals surface area contributed by atoms with Crippen molar-refractivity contribution in [2.45, 2.75) is 39.5 Å². The lowest BCUT2D eigenvalue weighted by Gasteiger charge is -2.13. The molecule has 1 aliphatic rings. The van der Waals surface area contributed by atoms with E-state index in [-0.39, 0.29) is 5.78 Å². The average Bonchev–Trinajstić information content (AvgIpc) is 2.98. The van der Waals surface area contributed by atoms with Gasteiger partial charge in [0.1, 0.15) is 5.75 Å². The first-order chi connectivity index (χ1) is 10.1. The summed E-state index contributed by atoms with van der Waals surface area (Å²) in [4.78, 5) is 14.5. The lowest BCUT2D eigenvalue weighted by molar-refractivity contribution is 0.0969. The molecule has 1 heterocycles. The number of nitrogens with zero attached hydrogens (tertiary/aromatic N) is 1. The van der Waals surface area contributed by atoms with Gasteiger partial charge >= 0.3 is 0 Å². The number of Topliss-reactive ketones (excluding diaryl/α,β-unsaturated/α-hetero) is 1. The number of rotatable bonds is 8. The van der Waals surface area contributed by atoms with E-state index in [1.54, 1.807) is 0 Å².